The maximum Gasteiger partial charge on any atom is 0.270 e. The molecule has 0 aliphatic carbocycles. The Labute approximate surface area is 121 Å². The average molecular weight is 279 g/mol. The van der Waals surface area contributed by atoms with Gasteiger partial charge in [0.05, 0.1) is 6.54 Å². The second-order valence-corrected chi connectivity index (χ2v) is 4.57. The summed E-state index contributed by atoms with van der Waals surface area (Å²) in [4.78, 5) is 31.0. The predicted octanol–water partition coefficient (Wildman–Crippen LogP) is 2.18. The van der Waals surface area contributed by atoms with Crippen LogP contribution in [0.4, 0.5) is 0 Å². The van der Waals surface area contributed by atoms with Gasteiger partial charge in [-0.25, -0.2) is 0 Å². The van der Waals surface area contributed by atoms with E-state index in [-0.39, 0.29) is 18.2 Å². The minimum absolute atomic E-state index is 0.0583. The maximum atomic E-state index is 12.2. The van der Waals surface area contributed by atoms with Crippen molar-refractivity contribution in [1.29, 1.82) is 0 Å². The number of hydrogen-bond donors (Lipinski definition) is 2. The van der Waals surface area contributed by atoms with Crippen LogP contribution in [-0.2, 0) is 0 Å². The first kappa shape index (κ1) is 13.1. The van der Waals surface area contributed by atoms with E-state index in [0.717, 1.165) is 10.9 Å². The van der Waals surface area contributed by atoms with Gasteiger partial charge in [-0.3, -0.25) is 14.6 Å². The second kappa shape index (κ2) is 5.58. The Balaban J connectivity index is 1.71. The third-order valence-electron chi connectivity index (χ3n) is 3.20. The van der Waals surface area contributed by atoms with E-state index in [1.54, 1.807) is 24.4 Å². The summed E-state index contributed by atoms with van der Waals surface area (Å²) in [6, 6.07) is 12.6. The molecular formula is C16H13N3O2. The molecule has 0 bridgehead atoms. The van der Waals surface area contributed by atoms with E-state index >= 15 is 0 Å². The lowest BCUT2D eigenvalue weighted by molar-refractivity contribution is 0.0901. The summed E-state index contributed by atoms with van der Waals surface area (Å²) < 4.78 is 0. The highest BCUT2D eigenvalue weighted by Crippen LogP contribution is 2.17. The number of ketones is 1. The minimum Gasteiger partial charge on any atom is -0.360 e. The van der Waals surface area contributed by atoms with Gasteiger partial charge in [0, 0.05) is 28.9 Å². The lowest BCUT2D eigenvalue weighted by Crippen LogP contribution is -2.30. The highest BCUT2D eigenvalue weighted by atomic mass is 16.2. The van der Waals surface area contributed by atoms with Crippen molar-refractivity contribution in [2.45, 2.75) is 0 Å². The van der Waals surface area contributed by atoms with Gasteiger partial charge < -0.3 is 10.3 Å². The van der Waals surface area contributed by atoms with E-state index in [4.69, 9.17) is 0 Å². The number of carbonyl (C=O) groups is 2. The van der Waals surface area contributed by atoms with E-state index < -0.39 is 0 Å². The van der Waals surface area contributed by atoms with Crippen LogP contribution in [0.2, 0.25) is 0 Å². The Kier molecular flexibility index (Phi) is 3.47. The summed E-state index contributed by atoms with van der Waals surface area (Å²) in [6.07, 6.45) is 3.20. The zero-order valence-electron chi connectivity index (χ0n) is 11.2. The first-order valence-corrected chi connectivity index (χ1v) is 6.54. The molecule has 2 aromatic heterocycles. The Morgan fingerprint density at radius 2 is 1.90 bits per heavy atom. The fourth-order valence-electron chi connectivity index (χ4n) is 2.15. The van der Waals surface area contributed by atoms with Crippen LogP contribution in [-0.4, -0.2) is 28.2 Å². The molecule has 21 heavy (non-hydrogen) atoms. The number of para-hydroxylation sites is 1. The number of nitrogens with zero attached hydrogens (tertiary/aromatic N) is 1. The van der Waals surface area contributed by atoms with Gasteiger partial charge in [-0.1, -0.05) is 24.3 Å². The van der Waals surface area contributed by atoms with E-state index in [1.165, 1.54) is 6.20 Å². The van der Waals surface area contributed by atoms with Crippen LogP contribution in [0, 0.1) is 0 Å². The molecule has 3 aromatic rings. The number of aromatic nitrogens is 2. The zero-order chi connectivity index (χ0) is 14.7. The number of pyridine rings is 1. The van der Waals surface area contributed by atoms with Crippen molar-refractivity contribution in [3.63, 3.8) is 0 Å². The van der Waals surface area contributed by atoms with E-state index in [1.807, 2.05) is 24.3 Å². The topological polar surface area (TPSA) is 74.8 Å². The van der Waals surface area contributed by atoms with Gasteiger partial charge >= 0.3 is 0 Å². The number of carbonyl (C=O) groups excluding carboxylic acids is 2. The molecule has 2 heterocycles. The van der Waals surface area contributed by atoms with Crippen LogP contribution < -0.4 is 5.32 Å². The quantitative estimate of drug-likeness (QED) is 0.719. The minimum atomic E-state index is -0.358. The molecule has 0 atom stereocenters. The van der Waals surface area contributed by atoms with Gasteiger partial charge in [0.15, 0.2) is 5.78 Å². The standard InChI is InChI=1S/C16H13N3O2/c20-15(10-19-16(21)14-7-3-4-8-17-14)12-9-18-13-6-2-1-5-11(12)13/h1-9,18H,10H2,(H,19,21). The molecule has 104 valence electrons. The van der Waals surface area contributed by atoms with Gasteiger partial charge in [0.1, 0.15) is 5.69 Å². The molecule has 2 N–H and O–H groups in total. The van der Waals surface area contributed by atoms with Crippen molar-refractivity contribution in [3.05, 3.63) is 66.1 Å². The van der Waals surface area contributed by atoms with Crippen LogP contribution >= 0.6 is 0 Å². The van der Waals surface area contributed by atoms with Gasteiger partial charge in [-0.2, -0.15) is 0 Å². The molecule has 0 saturated heterocycles. The molecule has 3 rings (SSSR count). The van der Waals surface area contributed by atoms with E-state index in [0.29, 0.717) is 11.3 Å². The van der Waals surface area contributed by atoms with Gasteiger partial charge in [-0.15, -0.1) is 0 Å². The number of H-pyrrole nitrogens is 1. The van der Waals surface area contributed by atoms with Gasteiger partial charge in [-0.05, 0) is 18.2 Å². The molecule has 1 amide bonds. The maximum absolute atomic E-state index is 12.2. The fraction of sp³-hybridized carbons (Fsp3) is 0.0625. The third kappa shape index (κ3) is 2.67. The first-order valence-electron chi connectivity index (χ1n) is 6.54. The Bertz CT molecular complexity index is 793. The summed E-state index contributed by atoms with van der Waals surface area (Å²) in [6.45, 7) is -0.0583. The highest BCUT2D eigenvalue weighted by Gasteiger charge is 2.13. The predicted molar refractivity (Wildman–Crippen MR) is 79.2 cm³/mol. The number of benzene rings is 1. The summed E-state index contributed by atoms with van der Waals surface area (Å²) in [5, 5.41) is 3.44. The van der Waals surface area contributed by atoms with Crippen LogP contribution in [0.15, 0.2) is 54.9 Å². The largest absolute Gasteiger partial charge is 0.360 e. The Hall–Kier alpha value is -2.95. The molecule has 0 aliphatic rings. The number of fused-ring (bicyclic) bond motifs is 1. The lowest BCUT2D eigenvalue weighted by Gasteiger charge is -2.03. The van der Waals surface area contributed by atoms with Gasteiger partial charge in [0.2, 0.25) is 0 Å². The van der Waals surface area contributed by atoms with Crippen LogP contribution in [0.1, 0.15) is 20.8 Å². The van der Waals surface area contributed by atoms with Crippen LogP contribution in [0.5, 0.6) is 0 Å². The Morgan fingerprint density at radius 1 is 1.10 bits per heavy atom. The van der Waals surface area contributed by atoms with Crippen molar-refractivity contribution in [2.75, 3.05) is 6.54 Å². The SMILES string of the molecule is O=C(NCC(=O)c1c[nH]c2ccccc12)c1ccccn1. The molecule has 1 aromatic carbocycles. The number of aromatic amines is 1. The number of rotatable bonds is 4. The second-order valence-electron chi connectivity index (χ2n) is 4.57. The molecule has 0 fully saturated rings. The van der Waals surface area contributed by atoms with Crippen molar-refractivity contribution in [1.82, 2.24) is 15.3 Å². The van der Waals surface area contributed by atoms with Gasteiger partial charge in [0.25, 0.3) is 5.91 Å². The summed E-state index contributed by atoms with van der Waals surface area (Å²) in [7, 11) is 0. The molecule has 0 spiro atoms. The van der Waals surface area contributed by atoms with Crippen molar-refractivity contribution in [3.8, 4) is 0 Å². The van der Waals surface area contributed by atoms with Crippen LogP contribution in [0.3, 0.4) is 0 Å². The molecule has 5 nitrogen and oxygen atoms in total. The summed E-state index contributed by atoms with van der Waals surface area (Å²) in [5.41, 5.74) is 1.77. The van der Waals surface area contributed by atoms with Crippen molar-refractivity contribution >= 4 is 22.6 Å². The summed E-state index contributed by atoms with van der Waals surface area (Å²) >= 11 is 0. The molecular weight excluding hydrogens is 266 g/mol. The molecule has 0 radical (unpaired) electrons. The number of amides is 1. The number of Topliss-reactive ketones (excluding diaryl/α,β-unsaturated/α-hetero) is 1. The monoisotopic (exact) mass is 279 g/mol. The molecule has 0 saturated carbocycles. The number of nitrogens with one attached hydrogen (secondary N) is 2. The molecule has 0 unspecified atom stereocenters. The fourth-order valence-corrected chi connectivity index (χ4v) is 2.15. The highest BCUT2D eigenvalue weighted by molar-refractivity contribution is 6.10. The van der Waals surface area contributed by atoms with E-state index in [2.05, 4.69) is 15.3 Å². The lowest BCUT2D eigenvalue weighted by atomic mass is 10.1. The van der Waals surface area contributed by atoms with E-state index in [9.17, 15) is 9.59 Å². The van der Waals surface area contributed by atoms with Crippen molar-refractivity contribution in [2.24, 2.45) is 0 Å². The first-order chi connectivity index (χ1) is 10.3. The summed E-state index contributed by atoms with van der Waals surface area (Å²) in [5.74, 6) is -0.500. The normalized spacial score (nSPS) is 10.5. The van der Waals surface area contributed by atoms with Crippen molar-refractivity contribution < 1.29 is 9.59 Å². The van der Waals surface area contributed by atoms with Crippen LogP contribution in [0.25, 0.3) is 10.9 Å². The smallest absolute Gasteiger partial charge is 0.270 e. The third-order valence-corrected chi connectivity index (χ3v) is 3.20. The zero-order valence-corrected chi connectivity index (χ0v) is 11.2. The Morgan fingerprint density at radius 3 is 2.71 bits per heavy atom. The molecule has 5 heteroatoms. The molecule has 0 aliphatic heterocycles. The average Bonchev–Trinajstić information content (AvgIpc) is 2.97. The number of hydrogen-bond acceptors (Lipinski definition) is 3.